The van der Waals surface area contributed by atoms with Gasteiger partial charge in [-0.1, -0.05) is 42.5 Å². The highest BCUT2D eigenvalue weighted by molar-refractivity contribution is 5.33. The van der Waals surface area contributed by atoms with E-state index in [-0.39, 0.29) is 0 Å². The van der Waals surface area contributed by atoms with E-state index >= 15 is 0 Å². The van der Waals surface area contributed by atoms with Crippen LogP contribution in [-0.4, -0.2) is 13.6 Å². The molecule has 104 valence electrons. The van der Waals surface area contributed by atoms with Crippen molar-refractivity contribution in [1.29, 1.82) is 0 Å². The molecular formula is C18H21NO. The van der Waals surface area contributed by atoms with Gasteiger partial charge in [0.2, 0.25) is 0 Å². The van der Waals surface area contributed by atoms with Crippen molar-refractivity contribution in [3.05, 3.63) is 65.7 Å². The minimum absolute atomic E-state index is 0.631. The Kier molecular flexibility index (Phi) is 4.03. The van der Waals surface area contributed by atoms with Crippen LogP contribution in [0.1, 0.15) is 23.5 Å². The van der Waals surface area contributed by atoms with Gasteiger partial charge in [0, 0.05) is 0 Å². The molecular weight excluding hydrogens is 246 g/mol. The lowest BCUT2D eigenvalue weighted by atomic mass is 10.1. The van der Waals surface area contributed by atoms with Gasteiger partial charge < -0.3 is 10.1 Å². The van der Waals surface area contributed by atoms with Crippen molar-refractivity contribution >= 4 is 0 Å². The van der Waals surface area contributed by atoms with Crippen LogP contribution in [0, 0.1) is 5.92 Å². The molecule has 0 spiro atoms. The molecule has 1 N–H and O–H groups in total. The summed E-state index contributed by atoms with van der Waals surface area (Å²) < 4.78 is 5.81. The van der Waals surface area contributed by atoms with Gasteiger partial charge in [0.15, 0.2) is 0 Å². The predicted molar refractivity (Wildman–Crippen MR) is 82.0 cm³/mol. The molecule has 0 bridgehead atoms. The summed E-state index contributed by atoms with van der Waals surface area (Å²) >= 11 is 0. The van der Waals surface area contributed by atoms with Crippen molar-refractivity contribution in [2.75, 3.05) is 13.6 Å². The first-order chi connectivity index (χ1) is 9.86. The SMILES string of the molecule is CNC[C@@H]1C[C@@H]1c1ccc(OCc2ccccc2)cc1. The first kappa shape index (κ1) is 13.2. The fourth-order valence-corrected chi connectivity index (χ4v) is 2.70. The number of benzene rings is 2. The van der Waals surface area contributed by atoms with Gasteiger partial charge in [0.1, 0.15) is 12.4 Å². The zero-order valence-electron chi connectivity index (χ0n) is 11.9. The molecule has 2 nitrogen and oxygen atoms in total. The Morgan fingerprint density at radius 2 is 1.80 bits per heavy atom. The van der Waals surface area contributed by atoms with E-state index in [0.29, 0.717) is 6.61 Å². The minimum atomic E-state index is 0.631. The number of rotatable bonds is 6. The van der Waals surface area contributed by atoms with Crippen LogP contribution in [0.5, 0.6) is 5.75 Å². The Morgan fingerprint density at radius 3 is 2.50 bits per heavy atom. The summed E-state index contributed by atoms with van der Waals surface area (Å²) in [5, 5.41) is 3.25. The van der Waals surface area contributed by atoms with E-state index in [1.165, 1.54) is 17.5 Å². The quantitative estimate of drug-likeness (QED) is 0.863. The van der Waals surface area contributed by atoms with Crippen molar-refractivity contribution in [3.8, 4) is 5.75 Å². The molecule has 2 aromatic carbocycles. The van der Waals surface area contributed by atoms with Crippen molar-refractivity contribution in [2.45, 2.75) is 18.9 Å². The molecule has 0 aromatic heterocycles. The van der Waals surface area contributed by atoms with E-state index in [1.54, 1.807) is 0 Å². The molecule has 0 saturated heterocycles. The molecule has 0 unspecified atom stereocenters. The highest BCUT2D eigenvalue weighted by atomic mass is 16.5. The molecule has 1 saturated carbocycles. The zero-order chi connectivity index (χ0) is 13.8. The van der Waals surface area contributed by atoms with E-state index in [1.807, 2.05) is 25.2 Å². The smallest absolute Gasteiger partial charge is 0.119 e. The minimum Gasteiger partial charge on any atom is -0.489 e. The predicted octanol–water partition coefficient (Wildman–Crippen LogP) is 3.59. The van der Waals surface area contributed by atoms with Gasteiger partial charge in [-0.05, 0) is 55.1 Å². The van der Waals surface area contributed by atoms with Gasteiger partial charge in [-0.15, -0.1) is 0 Å². The highest BCUT2D eigenvalue weighted by Crippen LogP contribution is 2.47. The van der Waals surface area contributed by atoms with Gasteiger partial charge in [-0.2, -0.15) is 0 Å². The molecule has 0 aliphatic heterocycles. The topological polar surface area (TPSA) is 21.3 Å². The molecule has 1 aliphatic carbocycles. The van der Waals surface area contributed by atoms with Crippen LogP contribution in [0.2, 0.25) is 0 Å². The lowest BCUT2D eigenvalue weighted by molar-refractivity contribution is 0.306. The van der Waals surface area contributed by atoms with E-state index in [4.69, 9.17) is 4.74 Å². The van der Waals surface area contributed by atoms with Crippen LogP contribution in [0.25, 0.3) is 0 Å². The molecule has 1 aliphatic rings. The summed E-state index contributed by atoms with van der Waals surface area (Å²) in [7, 11) is 2.02. The van der Waals surface area contributed by atoms with Gasteiger partial charge in [-0.3, -0.25) is 0 Å². The van der Waals surface area contributed by atoms with E-state index in [0.717, 1.165) is 24.1 Å². The lowest BCUT2D eigenvalue weighted by Gasteiger charge is -2.07. The Morgan fingerprint density at radius 1 is 1.05 bits per heavy atom. The second kappa shape index (κ2) is 6.10. The third-order valence-corrected chi connectivity index (χ3v) is 3.95. The Labute approximate surface area is 120 Å². The maximum atomic E-state index is 5.81. The Hall–Kier alpha value is -1.80. The van der Waals surface area contributed by atoms with Gasteiger partial charge >= 0.3 is 0 Å². The summed E-state index contributed by atoms with van der Waals surface area (Å²) in [6, 6.07) is 18.9. The molecule has 0 amide bonds. The molecule has 2 atom stereocenters. The van der Waals surface area contributed by atoms with E-state index in [9.17, 15) is 0 Å². The second-order valence-electron chi connectivity index (χ2n) is 5.50. The summed E-state index contributed by atoms with van der Waals surface area (Å²) in [6.07, 6.45) is 1.31. The lowest BCUT2D eigenvalue weighted by Crippen LogP contribution is -2.10. The molecule has 0 heterocycles. The summed E-state index contributed by atoms with van der Waals surface area (Å²) in [4.78, 5) is 0. The number of hydrogen-bond donors (Lipinski definition) is 1. The second-order valence-corrected chi connectivity index (χ2v) is 5.50. The monoisotopic (exact) mass is 267 g/mol. The average molecular weight is 267 g/mol. The van der Waals surface area contributed by atoms with Crippen LogP contribution in [0.15, 0.2) is 54.6 Å². The summed E-state index contributed by atoms with van der Waals surface area (Å²) in [5.74, 6) is 2.50. The summed E-state index contributed by atoms with van der Waals surface area (Å²) in [5.41, 5.74) is 2.64. The Bertz CT molecular complexity index is 535. The van der Waals surface area contributed by atoms with Crippen LogP contribution in [-0.2, 0) is 6.61 Å². The summed E-state index contributed by atoms with van der Waals surface area (Å²) in [6.45, 7) is 1.75. The highest BCUT2D eigenvalue weighted by Gasteiger charge is 2.37. The first-order valence-corrected chi connectivity index (χ1v) is 7.28. The molecule has 2 heteroatoms. The van der Waals surface area contributed by atoms with Crippen molar-refractivity contribution in [3.63, 3.8) is 0 Å². The van der Waals surface area contributed by atoms with Crippen LogP contribution >= 0.6 is 0 Å². The van der Waals surface area contributed by atoms with Crippen molar-refractivity contribution in [1.82, 2.24) is 5.32 Å². The zero-order valence-corrected chi connectivity index (χ0v) is 11.9. The van der Waals surface area contributed by atoms with Crippen molar-refractivity contribution < 1.29 is 4.74 Å². The molecule has 3 rings (SSSR count). The van der Waals surface area contributed by atoms with Gasteiger partial charge in [0.25, 0.3) is 0 Å². The average Bonchev–Trinajstić information content (AvgIpc) is 3.27. The first-order valence-electron chi connectivity index (χ1n) is 7.28. The van der Waals surface area contributed by atoms with Gasteiger partial charge in [-0.25, -0.2) is 0 Å². The van der Waals surface area contributed by atoms with Crippen LogP contribution in [0.4, 0.5) is 0 Å². The third kappa shape index (κ3) is 3.20. The van der Waals surface area contributed by atoms with Crippen molar-refractivity contribution in [2.24, 2.45) is 5.92 Å². The maximum absolute atomic E-state index is 5.81. The largest absolute Gasteiger partial charge is 0.489 e. The Balaban J connectivity index is 1.54. The fourth-order valence-electron chi connectivity index (χ4n) is 2.70. The number of ether oxygens (including phenoxy) is 1. The number of hydrogen-bond acceptors (Lipinski definition) is 2. The molecule has 0 radical (unpaired) electrons. The van der Waals surface area contributed by atoms with Gasteiger partial charge in [0.05, 0.1) is 0 Å². The number of nitrogens with one attached hydrogen (secondary N) is 1. The standard InChI is InChI=1S/C18H21NO/c1-19-12-16-11-18(16)15-7-9-17(10-8-15)20-13-14-5-3-2-4-6-14/h2-10,16,18-19H,11-13H2,1H3/t16-,18+/m0/s1. The molecule has 2 aromatic rings. The van der Waals surface area contributed by atoms with Crippen LogP contribution in [0.3, 0.4) is 0 Å². The van der Waals surface area contributed by atoms with E-state index < -0.39 is 0 Å². The van der Waals surface area contributed by atoms with Crippen LogP contribution < -0.4 is 10.1 Å². The molecule has 20 heavy (non-hydrogen) atoms. The normalized spacial score (nSPS) is 20.6. The third-order valence-electron chi connectivity index (χ3n) is 3.95. The molecule has 1 fully saturated rings. The fraction of sp³-hybridized carbons (Fsp3) is 0.333. The van der Waals surface area contributed by atoms with E-state index in [2.05, 4.69) is 41.7 Å². The maximum Gasteiger partial charge on any atom is 0.119 e.